The summed E-state index contributed by atoms with van der Waals surface area (Å²) < 4.78 is 12.0. The fourth-order valence-corrected chi connectivity index (χ4v) is 2.89. The van der Waals surface area contributed by atoms with E-state index in [1.807, 2.05) is 0 Å². The topological polar surface area (TPSA) is 69.9 Å². The lowest BCUT2D eigenvalue weighted by Crippen LogP contribution is -2.26. The Labute approximate surface area is 169 Å². The van der Waals surface area contributed by atoms with Gasteiger partial charge in [0.15, 0.2) is 6.10 Å². The summed E-state index contributed by atoms with van der Waals surface area (Å²) in [5.41, 5.74) is 0.383. The minimum Gasteiger partial charge on any atom is -0.477 e. The first kappa shape index (κ1) is 19.5. The van der Waals surface area contributed by atoms with Crippen LogP contribution in [0.4, 0.5) is 0 Å². The van der Waals surface area contributed by atoms with E-state index in [0.717, 1.165) is 0 Å². The van der Waals surface area contributed by atoms with Gasteiger partial charge in [0.25, 0.3) is 5.56 Å². The molecular weight excluding hydrogens is 415 g/mol. The molecule has 1 unspecified atom stereocenters. The maximum atomic E-state index is 12.1. The first-order valence-electron chi connectivity index (χ1n) is 7.79. The first-order valence-corrected chi connectivity index (χ1v) is 8.93. The quantitative estimate of drug-likeness (QED) is 0.572. The Morgan fingerprint density at radius 3 is 2.63 bits per heavy atom. The third kappa shape index (κ3) is 4.71. The van der Waals surface area contributed by atoms with Crippen molar-refractivity contribution in [3.63, 3.8) is 0 Å². The summed E-state index contributed by atoms with van der Waals surface area (Å²) >= 11 is 17.7. The molecule has 2 heterocycles. The molecule has 0 radical (unpaired) electrons. The van der Waals surface area contributed by atoms with Crippen LogP contribution in [0.3, 0.4) is 0 Å². The number of halogens is 3. The van der Waals surface area contributed by atoms with Gasteiger partial charge in [0.05, 0.1) is 15.7 Å². The fourth-order valence-electron chi connectivity index (χ4n) is 2.27. The monoisotopic (exact) mass is 426 g/mol. The average molecular weight is 428 g/mol. The molecule has 0 saturated heterocycles. The van der Waals surface area contributed by atoms with Crippen LogP contribution < -0.4 is 10.3 Å². The van der Waals surface area contributed by atoms with E-state index in [-0.39, 0.29) is 17.2 Å². The smallest absolute Gasteiger partial charge is 0.347 e. The number of esters is 1. The zero-order valence-electron chi connectivity index (χ0n) is 14.0. The number of hydrogen-bond donors (Lipinski definition) is 0. The number of rotatable bonds is 5. The summed E-state index contributed by atoms with van der Waals surface area (Å²) in [6, 6.07) is 9.16. The molecule has 0 spiro atoms. The number of pyridine rings is 1. The minimum absolute atomic E-state index is 0.171. The Morgan fingerprint density at radius 1 is 1.15 bits per heavy atom. The zero-order valence-corrected chi connectivity index (χ0v) is 16.3. The van der Waals surface area contributed by atoms with Gasteiger partial charge in [-0.25, -0.2) is 9.78 Å². The second-order valence-corrected chi connectivity index (χ2v) is 6.88. The third-order valence-corrected chi connectivity index (χ3v) is 4.32. The third-order valence-electron chi connectivity index (χ3n) is 3.57. The lowest BCUT2D eigenvalue weighted by atomic mass is 10.3. The number of fused-ring (bicyclic) bond motifs is 1. The second kappa shape index (κ2) is 8.17. The highest BCUT2D eigenvalue weighted by atomic mass is 35.5. The number of carbonyl (C=O) groups excluding carboxylic acids is 1. The summed E-state index contributed by atoms with van der Waals surface area (Å²) in [6.07, 6.45) is 0.553. The van der Waals surface area contributed by atoms with Crippen molar-refractivity contribution in [1.82, 2.24) is 9.38 Å². The van der Waals surface area contributed by atoms with Crippen molar-refractivity contribution >= 4 is 46.4 Å². The van der Waals surface area contributed by atoms with E-state index < -0.39 is 12.1 Å². The van der Waals surface area contributed by atoms with Crippen molar-refractivity contribution in [2.24, 2.45) is 0 Å². The predicted octanol–water partition coefficient (Wildman–Crippen LogP) is 4.17. The van der Waals surface area contributed by atoms with E-state index in [0.29, 0.717) is 27.1 Å². The van der Waals surface area contributed by atoms with E-state index in [4.69, 9.17) is 44.3 Å². The number of nitrogens with zero attached hydrogens (tertiary/aromatic N) is 2. The standard InChI is InChI=1S/C18H13Cl3N2O4/c1-10(27-15-4-2-11(19)6-14(15)21)18(25)26-9-13-7-17(24)23-8-12(20)3-5-16(23)22-13/h2-8,10H,9H2,1H3. The van der Waals surface area contributed by atoms with E-state index in [9.17, 15) is 9.59 Å². The Balaban J connectivity index is 1.67. The SMILES string of the molecule is CC(Oc1ccc(Cl)cc1Cl)C(=O)OCc1cc(=O)n2cc(Cl)ccc2n1. The van der Waals surface area contributed by atoms with Gasteiger partial charge in [-0.15, -0.1) is 0 Å². The highest BCUT2D eigenvalue weighted by Crippen LogP contribution is 2.28. The van der Waals surface area contributed by atoms with E-state index in [1.54, 1.807) is 24.3 Å². The highest BCUT2D eigenvalue weighted by molar-refractivity contribution is 6.35. The van der Waals surface area contributed by atoms with E-state index in [1.165, 1.54) is 29.7 Å². The Bertz CT molecular complexity index is 1070. The molecule has 0 N–H and O–H groups in total. The molecule has 140 valence electrons. The number of carbonyl (C=O) groups is 1. The summed E-state index contributed by atoms with van der Waals surface area (Å²) in [6.45, 7) is 1.35. The van der Waals surface area contributed by atoms with Gasteiger partial charge in [0.1, 0.15) is 18.0 Å². The molecule has 3 rings (SSSR count). The van der Waals surface area contributed by atoms with Crippen molar-refractivity contribution < 1.29 is 14.3 Å². The molecule has 2 aromatic heterocycles. The van der Waals surface area contributed by atoms with Crippen molar-refractivity contribution in [3.05, 3.63) is 73.7 Å². The van der Waals surface area contributed by atoms with Gasteiger partial charge >= 0.3 is 5.97 Å². The van der Waals surface area contributed by atoms with Crippen molar-refractivity contribution in [3.8, 4) is 5.75 Å². The van der Waals surface area contributed by atoms with E-state index in [2.05, 4.69) is 4.98 Å². The molecule has 0 fully saturated rings. The molecule has 27 heavy (non-hydrogen) atoms. The molecule has 1 aromatic carbocycles. The van der Waals surface area contributed by atoms with Crippen molar-refractivity contribution in [2.75, 3.05) is 0 Å². The summed E-state index contributed by atoms with van der Waals surface area (Å²) in [5, 5.41) is 1.15. The number of benzene rings is 1. The van der Waals surface area contributed by atoms with Crippen molar-refractivity contribution in [1.29, 1.82) is 0 Å². The van der Waals surface area contributed by atoms with Gasteiger partial charge < -0.3 is 9.47 Å². The normalized spacial score (nSPS) is 12.0. The van der Waals surface area contributed by atoms with Gasteiger partial charge in [-0.1, -0.05) is 34.8 Å². The molecule has 0 aliphatic rings. The van der Waals surface area contributed by atoms with Crippen LogP contribution in [0.1, 0.15) is 12.6 Å². The van der Waals surface area contributed by atoms with Crippen LogP contribution in [0, 0.1) is 0 Å². The molecule has 0 aliphatic heterocycles. The Morgan fingerprint density at radius 2 is 1.89 bits per heavy atom. The Hall–Kier alpha value is -2.28. The van der Waals surface area contributed by atoms with Crippen LogP contribution in [-0.4, -0.2) is 21.5 Å². The summed E-state index contributed by atoms with van der Waals surface area (Å²) in [4.78, 5) is 28.5. The van der Waals surface area contributed by atoms with Crippen LogP contribution in [0.15, 0.2) is 47.4 Å². The number of aromatic nitrogens is 2. The van der Waals surface area contributed by atoms with Crippen LogP contribution in [0.2, 0.25) is 15.1 Å². The molecule has 0 saturated carbocycles. The molecule has 9 heteroatoms. The van der Waals surface area contributed by atoms with Crippen LogP contribution >= 0.6 is 34.8 Å². The summed E-state index contributed by atoms with van der Waals surface area (Å²) in [7, 11) is 0. The largest absolute Gasteiger partial charge is 0.477 e. The van der Waals surface area contributed by atoms with Crippen molar-refractivity contribution in [2.45, 2.75) is 19.6 Å². The van der Waals surface area contributed by atoms with E-state index >= 15 is 0 Å². The van der Waals surface area contributed by atoms with Gasteiger partial charge in [-0.05, 0) is 37.3 Å². The summed E-state index contributed by atoms with van der Waals surface area (Å²) in [5.74, 6) is -0.316. The van der Waals surface area contributed by atoms with Crippen LogP contribution in [-0.2, 0) is 16.1 Å². The van der Waals surface area contributed by atoms with Crippen LogP contribution in [0.25, 0.3) is 5.65 Å². The molecule has 0 bridgehead atoms. The molecule has 0 amide bonds. The predicted molar refractivity (Wildman–Crippen MR) is 103 cm³/mol. The van der Waals surface area contributed by atoms with Crippen LogP contribution in [0.5, 0.6) is 5.75 Å². The molecule has 6 nitrogen and oxygen atoms in total. The Kier molecular flexibility index (Phi) is 5.89. The van der Waals surface area contributed by atoms with Gasteiger partial charge in [0.2, 0.25) is 0 Å². The first-order chi connectivity index (χ1) is 12.8. The average Bonchev–Trinajstić information content (AvgIpc) is 2.62. The number of ether oxygens (including phenoxy) is 2. The maximum absolute atomic E-state index is 12.1. The lowest BCUT2D eigenvalue weighted by molar-refractivity contribution is -0.152. The lowest BCUT2D eigenvalue weighted by Gasteiger charge is -2.15. The maximum Gasteiger partial charge on any atom is 0.347 e. The van der Waals surface area contributed by atoms with Gasteiger partial charge in [-0.2, -0.15) is 0 Å². The minimum atomic E-state index is -0.913. The molecular formula is C18H13Cl3N2O4. The fraction of sp³-hybridized carbons (Fsp3) is 0.167. The number of hydrogen-bond acceptors (Lipinski definition) is 5. The highest BCUT2D eigenvalue weighted by Gasteiger charge is 2.18. The second-order valence-electron chi connectivity index (χ2n) is 5.60. The molecule has 3 aromatic rings. The molecule has 1 atom stereocenters. The van der Waals surface area contributed by atoms with Gasteiger partial charge in [-0.3, -0.25) is 9.20 Å². The van der Waals surface area contributed by atoms with Gasteiger partial charge in [0, 0.05) is 17.3 Å². The zero-order chi connectivity index (χ0) is 19.6. The molecule has 0 aliphatic carbocycles.